The summed E-state index contributed by atoms with van der Waals surface area (Å²) in [5.41, 5.74) is 0.656. The van der Waals surface area contributed by atoms with Gasteiger partial charge in [-0.25, -0.2) is 8.42 Å². The van der Waals surface area contributed by atoms with Crippen molar-refractivity contribution in [1.82, 2.24) is 9.21 Å². The van der Waals surface area contributed by atoms with Gasteiger partial charge in [0.25, 0.3) is 5.91 Å². The second-order valence-electron chi connectivity index (χ2n) is 8.40. The van der Waals surface area contributed by atoms with Crippen LogP contribution in [0.4, 0.5) is 0 Å². The number of halogens is 2. The van der Waals surface area contributed by atoms with Crippen LogP contribution in [0.15, 0.2) is 24.3 Å². The van der Waals surface area contributed by atoms with E-state index < -0.39 is 10.0 Å². The Labute approximate surface area is 205 Å². The molecular formula is C23H30Cl2N2O5S. The fraction of sp³-hybridized carbons (Fsp3) is 0.565. The van der Waals surface area contributed by atoms with Crippen LogP contribution in [0.3, 0.4) is 0 Å². The Balaban J connectivity index is 1.55. The number of hydrogen-bond donors (Lipinski definition) is 0. The Hall–Kier alpha value is -1.61. The molecule has 2 fully saturated rings. The van der Waals surface area contributed by atoms with Crippen LogP contribution < -0.4 is 4.74 Å². The molecule has 0 atom stereocenters. The molecule has 1 aromatic carbocycles. The number of rotatable bonds is 8. The summed E-state index contributed by atoms with van der Waals surface area (Å²) in [5, 5.41) is -0.182. The number of Topliss-reactive ketones (excluding diaryl/α,β-unsaturated/α-hetero) is 1. The topological polar surface area (TPSA) is 84.0 Å². The number of ether oxygens (including phenoxy) is 1. The van der Waals surface area contributed by atoms with Gasteiger partial charge >= 0.3 is 0 Å². The molecule has 1 aliphatic heterocycles. The summed E-state index contributed by atoms with van der Waals surface area (Å²) < 4.78 is 32.8. The Morgan fingerprint density at radius 3 is 2.30 bits per heavy atom. The summed E-state index contributed by atoms with van der Waals surface area (Å²) in [4.78, 5) is 26.5. The predicted molar refractivity (Wildman–Crippen MR) is 130 cm³/mol. The third-order valence-corrected chi connectivity index (χ3v) is 9.58. The molecule has 0 aromatic heterocycles. The first-order chi connectivity index (χ1) is 15.7. The first-order valence-electron chi connectivity index (χ1n) is 11.3. The number of carbonyl (C=O) groups is 2. The van der Waals surface area contributed by atoms with Crippen molar-refractivity contribution in [3.63, 3.8) is 0 Å². The van der Waals surface area contributed by atoms with Gasteiger partial charge in [0.2, 0.25) is 10.0 Å². The summed E-state index contributed by atoms with van der Waals surface area (Å²) in [6, 6.07) is 3.01. The largest absolute Gasteiger partial charge is 0.482 e. The number of amides is 1. The molecule has 182 valence electrons. The molecule has 1 heterocycles. The van der Waals surface area contributed by atoms with Crippen LogP contribution in [-0.2, 0) is 14.8 Å². The van der Waals surface area contributed by atoms with Crippen molar-refractivity contribution in [3.8, 4) is 5.75 Å². The molecule has 1 amide bonds. The van der Waals surface area contributed by atoms with Crippen molar-refractivity contribution in [3.05, 3.63) is 39.9 Å². The second kappa shape index (κ2) is 11.2. The van der Waals surface area contributed by atoms with Crippen molar-refractivity contribution >= 4 is 44.9 Å². The van der Waals surface area contributed by atoms with Gasteiger partial charge in [0.1, 0.15) is 10.8 Å². The highest BCUT2D eigenvalue weighted by atomic mass is 35.5. The van der Waals surface area contributed by atoms with Gasteiger partial charge in [-0.3, -0.25) is 9.59 Å². The molecule has 2 aliphatic rings. The molecule has 10 heteroatoms. The maximum Gasteiger partial charge on any atom is 0.260 e. The van der Waals surface area contributed by atoms with Crippen LogP contribution in [0.25, 0.3) is 0 Å². The third-order valence-electron chi connectivity index (χ3n) is 6.32. The highest BCUT2D eigenvalue weighted by Gasteiger charge is 2.35. The van der Waals surface area contributed by atoms with E-state index in [4.69, 9.17) is 27.9 Å². The summed E-state index contributed by atoms with van der Waals surface area (Å²) in [6.07, 6.45) is 4.93. The van der Waals surface area contributed by atoms with Crippen molar-refractivity contribution in [2.45, 2.75) is 50.7 Å². The van der Waals surface area contributed by atoms with Crippen LogP contribution in [0, 0.1) is 0 Å². The summed E-state index contributed by atoms with van der Waals surface area (Å²) in [6.45, 7) is 6.49. The molecule has 0 N–H and O–H groups in total. The molecule has 7 nitrogen and oxygen atoms in total. The Morgan fingerprint density at radius 2 is 1.70 bits per heavy atom. The van der Waals surface area contributed by atoms with Gasteiger partial charge in [0, 0.05) is 31.7 Å². The van der Waals surface area contributed by atoms with E-state index in [2.05, 4.69) is 6.58 Å². The molecule has 33 heavy (non-hydrogen) atoms. The number of ketones is 1. The first kappa shape index (κ1) is 26.0. The van der Waals surface area contributed by atoms with E-state index in [9.17, 15) is 18.0 Å². The van der Waals surface area contributed by atoms with Crippen LogP contribution >= 0.6 is 23.2 Å². The van der Waals surface area contributed by atoms with Crippen molar-refractivity contribution in [1.29, 1.82) is 0 Å². The van der Waals surface area contributed by atoms with Gasteiger partial charge in [-0.05, 0) is 37.0 Å². The maximum absolute atomic E-state index is 12.9. The van der Waals surface area contributed by atoms with Crippen LogP contribution in [0.1, 0.15) is 55.8 Å². The number of sulfonamides is 1. The quantitative estimate of drug-likeness (QED) is 0.379. The van der Waals surface area contributed by atoms with Gasteiger partial charge in [-0.1, -0.05) is 56.0 Å². The molecule has 0 unspecified atom stereocenters. The fourth-order valence-corrected chi connectivity index (χ4v) is 6.65. The van der Waals surface area contributed by atoms with Crippen molar-refractivity contribution < 1.29 is 22.7 Å². The maximum atomic E-state index is 12.9. The second-order valence-corrected chi connectivity index (χ2v) is 11.4. The minimum absolute atomic E-state index is 0.0580. The lowest BCUT2D eigenvalue weighted by Gasteiger charge is -2.36. The number of benzene rings is 1. The molecule has 1 aromatic rings. The monoisotopic (exact) mass is 516 g/mol. The SMILES string of the molecule is C=C(CC)C(=O)c1ccc(OCC(=O)N2CCN(S(=O)(=O)C3CCCCC3)CC2)c(Cl)c1Cl. The van der Waals surface area contributed by atoms with Crippen molar-refractivity contribution in [2.75, 3.05) is 32.8 Å². The minimum atomic E-state index is -3.32. The van der Waals surface area contributed by atoms with Crippen LogP contribution in [0.5, 0.6) is 5.75 Å². The minimum Gasteiger partial charge on any atom is -0.482 e. The molecule has 3 rings (SSSR count). The van der Waals surface area contributed by atoms with E-state index in [1.54, 1.807) is 4.90 Å². The van der Waals surface area contributed by atoms with Gasteiger partial charge in [0.15, 0.2) is 12.4 Å². The zero-order chi connectivity index (χ0) is 24.2. The molecule has 0 radical (unpaired) electrons. The van der Waals surface area contributed by atoms with Gasteiger partial charge in [0.05, 0.1) is 10.3 Å². The van der Waals surface area contributed by atoms with Crippen molar-refractivity contribution in [2.24, 2.45) is 0 Å². The standard InChI is InChI=1S/C23H30Cl2N2O5S/c1-3-16(2)23(29)18-9-10-19(22(25)21(18)24)32-15-20(28)26-11-13-27(14-12-26)33(30,31)17-7-5-4-6-8-17/h9-10,17H,2-8,11-15H2,1H3. The number of nitrogens with zero attached hydrogens (tertiary/aromatic N) is 2. The lowest BCUT2D eigenvalue weighted by atomic mass is 10.0. The van der Waals surface area contributed by atoms with E-state index in [-0.39, 0.29) is 58.0 Å². The van der Waals surface area contributed by atoms with E-state index in [0.29, 0.717) is 25.1 Å². The van der Waals surface area contributed by atoms with Gasteiger partial charge in [-0.15, -0.1) is 0 Å². The lowest BCUT2D eigenvalue weighted by Crippen LogP contribution is -2.53. The molecule has 1 aliphatic carbocycles. The summed E-state index contributed by atoms with van der Waals surface area (Å²) in [5.74, 6) is -0.350. The highest BCUT2D eigenvalue weighted by molar-refractivity contribution is 7.89. The lowest BCUT2D eigenvalue weighted by molar-refractivity contribution is -0.134. The Morgan fingerprint density at radius 1 is 1.06 bits per heavy atom. The number of allylic oxidation sites excluding steroid dienone is 1. The number of piperazine rings is 1. The molecule has 0 spiro atoms. The fourth-order valence-electron chi connectivity index (χ4n) is 4.17. The molecule has 1 saturated carbocycles. The van der Waals surface area contributed by atoms with Crippen LogP contribution in [0.2, 0.25) is 10.0 Å². The highest BCUT2D eigenvalue weighted by Crippen LogP contribution is 2.36. The van der Waals surface area contributed by atoms with E-state index in [1.165, 1.54) is 16.4 Å². The zero-order valence-electron chi connectivity index (χ0n) is 18.8. The van der Waals surface area contributed by atoms with Gasteiger partial charge in [-0.2, -0.15) is 4.31 Å². The normalized spacial score (nSPS) is 18.2. The summed E-state index contributed by atoms with van der Waals surface area (Å²) in [7, 11) is -3.32. The third kappa shape index (κ3) is 5.91. The smallest absolute Gasteiger partial charge is 0.260 e. The molecule has 1 saturated heterocycles. The average Bonchev–Trinajstić information content (AvgIpc) is 2.84. The average molecular weight is 517 g/mol. The molecular weight excluding hydrogens is 487 g/mol. The summed E-state index contributed by atoms with van der Waals surface area (Å²) >= 11 is 12.5. The van der Waals surface area contributed by atoms with E-state index >= 15 is 0 Å². The van der Waals surface area contributed by atoms with Crippen LogP contribution in [-0.4, -0.2) is 67.3 Å². The first-order valence-corrected chi connectivity index (χ1v) is 13.5. The van der Waals surface area contributed by atoms with E-state index in [0.717, 1.165) is 32.1 Å². The zero-order valence-corrected chi connectivity index (χ0v) is 21.1. The predicted octanol–water partition coefficient (Wildman–Crippen LogP) is 4.33. The number of carbonyl (C=O) groups excluding carboxylic acids is 2. The number of hydrogen-bond acceptors (Lipinski definition) is 5. The van der Waals surface area contributed by atoms with Gasteiger partial charge < -0.3 is 9.64 Å². The molecule has 0 bridgehead atoms. The Bertz CT molecular complexity index is 1010. The Kier molecular flexibility index (Phi) is 8.83. The van der Waals surface area contributed by atoms with E-state index in [1.807, 2.05) is 6.92 Å².